The van der Waals surface area contributed by atoms with E-state index in [0.717, 1.165) is 5.56 Å². The van der Waals surface area contributed by atoms with E-state index in [9.17, 15) is 9.18 Å². The molecule has 0 fully saturated rings. The first-order valence-electron chi connectivity index (χ1n) is 6.60. The van der Waals surface area contributed by atoms with Crippen LogP contribution in [0.4, 0.5) is 4.39 Å². The van der Waals surface area contributed by atoms with E-state index >= 15 is 0 Å². The number of amides is 1. The van der Waals surface area contributed by atoms with Crippen molar-refractivity contribution in [2.24, 2.45) is 5.73 Å². The monoisotopic (exact) mass is 306 g/mol. The van der Waals surface area contributed by atoms with Crippen LogP contribution in [0.15, 0.2) is 42.5 Å². The van der Waals surface area contributed by atoms with Crippen LogP contribution in [0, 0.1) is 5.82 Å². The van der Waals surface area contributed by atoms with Gasteiger partial charge in [0.2, 0.25) is 5.91 Å². The molecule has 0 spiro atoms. The van der Waals surface area contributed by atoms with Gasteiger partial charge in [0.1, 0.15) is 5.82 Å². The van der Waals surface area contributed by atoms with E-state index in [0.29, 0.717) is 35.7 Å². The number of nitrogens with two attached hydrogens (primary N) is 1. The maximum Gasteiger partial charge on any atom is 0.248 e. The van der Waals surface area contributed by atoms with Crippen LogP contribution in [-0.4, -0.2) is 12.5 Å². The molecule has 0 atom stereocenters. The average Bonchev–Trinajstić information content (AvgIpc) is 2.46. The second kappa shape index (κ2) is 7.20. The fourth-order valence-corrected chi connectivity index (χ4v) is 2.24. The minimum atomic E-state index is -0.504. The van der Waals surface area contributed by atoms with Crippen molar-refractivity contribution in [3.05, 3.63) is 70.0 Å². The summed E-state index contributed by atoms with van der Waals surface area (Å²) in [5.41, 5.74) is 7.12. The molecule has 0 saturated carbocycles. The molecule has 0 aliphatic heterocycles. The molecular formula is C16H16ClFN2O. The lowest BCUT2D eigenvalue weighted by Crippen LogP contribution is -2.18. The predicted octanol–water partition coefficient (Wildman–Crippen LogP) is 2.91. The molecular weight excluding hydrogens is 291 g/mol. The van der Waals surface area contributed by atoms with Crippen LogP contribution in [-0.2, 0) is 13.0 Å². The van der Waals surface area contributed by atoms with Crippen LogP contribution in [0.3, 0.4) is 0 Å². The van der Waals surface area contributed by atoms with Gasteiger partial charge in [-0.1, -0.05) is 35.9 Å². The minimum Gasteiger partial charge on any atom is -0.366 e. The van der Waals surface area contributed by atoms with Crippen LogP contribution >= 0.6 is 11.6 Å². The van der Waals surface area contributed by atoms with Gasteiger partial charge < -0.3 is 11.1 Å². The van der Waals surface area contributed by atoms with E-state index in [-0.39, 0.29) is 5.82 Å². The molecule has 0 aliphatic rings. The van der Waals surface area contributed by atoms with E-state index in [1.165, 1.54) is 6.07 Å². The van der Waals surface area contributed by atoms with Gasteiger partial charge in [-0.05, 0) is 42.3 Å². The SMILES string of the molecule is NC(=O)c1ccc(CNCCc2ccccc2F)c(Cl)c1. The van der Waals surface area contributed by atoms with E-state index in [4.69, 9.17) is 17.3 Å². The second-order valence-electron chi connectivity index (χ2n) is 4.69. The van der Waals surface area contributed by atoms with Crippen molar-refractivity contribution in [3.63, 3.8) is 0 Å². The first-order valence-corrected chi connectivity index (χ1v) is 6.98. The molecule has 0 aliphatic carbocycles. The highest BCUT2D eigenvalue weighted by atomic mass is 35.5. The summed E-state index contributed by atoms with van der Waals surface area (Å²) in [6, 6.07) is 11.7. The number of hydrogen-bond donors (Lipinski definition) is 2. The number of rotatable bonds is 6. The van der Waals surface area contributed by atoms with Gasteiger partial charge in [0.25, 0.3) is 0 Å². The summed E-state index contributed by atoms with van der Waals surface area (Å²) in [5.74, 6) is -0.695. The van der Waals surface area contributed by atoms with Crippen molar-refractivity contribution in [2.45, 2.75) is 13.0 Å². The maximum atomic E-state index is 13.4. The third-order valence-corrected chi connectivity index (χ3v) is 3.53. The Morgan fingerprint density at radius 1 is 1.19 bits per heavy atom. The lowest BCUT2D eigenvalue weighted by atomic mass is 10.1. The van der Waals surface area contributed by atoms with Crippen molar-refractivity contribution in [1.29, 1.82) is 0 Å². The molecule has 5 heteroatoms. The first-order chi connectivity index (χ1) is 10.1. The molecule has 0 aromatic heterocycles. The molecule has 2 aromatic rings. The Kier molecular flexibility index (Phi) is 5.31. The van der Waals surface area contributed by atoms with Gasteiger partial charge in [-0.15, -0.1) is 0 Å². The van der Waals surface area contributed by atoms with Crippen LogP contribution in [0.2, 0.25) is 5.02 Å². The number of nitrogens with one attached hydrogen (secondary N) is 1. The molecule has 2 rings (SSSR count). The van der Waals surface area contributed by atoms with Gasteiger partial charge in [-0.25, -0.2) is 4.39 Å². The third-order valence-electron chi connectivity index (χ3n) is 3.18. The van der Waals surface area contributed by atoms with Crippen molar-refractivity contribution in [3.8, 4) is 0 Å². The zero-order valence-electron chi connectivity index (χ0n) is 11.4. The van der Waals surface area contributed by atoms with Crippen molar-refractivity contribution < 1.29 is 9.18 Å². The number of primary amides is 1. The Hall–Kier alpha value is -1.91. The Balaban J connectivity index is 1.87. The molecule has 0 unspecified atom stereocenters. The van der Waals surface area contributed by atoms with Crippen molar-refractivity contribution in [2.75, 3.05) is 6.54 Å². The summed E-state index contributed by atoms with van der Waals surface area (Å²) < 4.78 is 13.4. The lowest BCUT2D eigenvalue weighted by Gasteiger charge is -2.08. The van der Waals surface area contributed by atoms with Crippen LogP contribution in [0.5, 0.6) is 0 Å². The Bertz CT molecular complexity index is 646. The summed E-state index contributed by atoms with van der Waals surface area (Å²) >= 11 is 6.09. The number of carbonyl (C=O) groups is 1. The van der Waals surface area contributed by atoms with E-state index in [1.807, 2.05) is 6.07 Å². The molecule has 3 nitrogen and oxygen atoms in total. The number of hydrogen-bond acceptors (Lipinski definition) is 2. The molecule has 1 amide bonds. The highest BCUT2D eigenvalue weighted by molar-refractivity contribution is 6.31. The van der Waals surface area contributed by atoms with Gasteiger partial charge in [0, 0.05) is 17.1 Å². The number of halogens is 2. The summed E-state index contributed by atoms with van der Waals surface area (Å²) in [4.78, 5) is 11.0. The average molecular weight is 307 g/mol. The van der Waals surface area contributed by atoms with Crippen molar-refractivity contribution >= 4 is 17.5 Å². The minimum absolute atomic E-state index is 0.192. The highest BCUT2D eigenvalue weighted by Crippen LogP contribution is 2.17. The fourth-order valence-electron chi connectivity index (χ4n) is 1.99. The molecule has 2 aromatic carbocycles. The summed E-state index contributed by atoms with van der Waals surface area (Å²) in [6.45, 7) is 1.18. The normalized spacial score (nSPS) is 10.6. The summed E-state index contributed by atoms with van der Waals surface area (Å²) in [7, 11) is 0. The molecule has 0 heterocycles. The molecule has 3 N–H and O–H groups in total. The van der Waals surface area contributed by atoms with E-state index in [1.54, 1.807) is 30.3 Å². The number of benzene rings is 2. The lowest BCUT2D eigenvalue weighted by molar-refractivity contribution is 0.100. The molecule has 21 heavy (non-hydrogen) atoms. The summed E-state index contributed by atoms with van der Waals surface area (Å²) in [6.07, 6.45) is 0.601. The molecule has 110 valence electrons. The molecule has 0 radical (unpaired) electrons. The standard InChI is InChI=1S/C16H16ClFN2O/c17-14-9-12(16(19)21)5-6-13(14)10-20-8-7-11-3-1-2-4-15(11)18/h1-6,9,20H,7-8,10H2,(H2,19,21). The first kappa shape index (κ1) is 15.5. The molecule has 0 saturated heterocycles. The Morgan fingerprint density at radius 2 is 1.95 bits per heavy atom. The Labute approximate surface area is 127 Å². The van der Waals surface area contributed by atoms with Crippen molar-refractivity contribution in [1.82, 2.24) is 5.32 Å². The van der Waals surface area contributed by atoms with E-state index in [2.05, 4.69) is 5.32 Å². The number of carbonyl (C=O) groups excluding carboxylic acids is 1. The highest BCUT2D eigenvalue weighted by Gasteiger charge is 2.06. The quantitative estimate of drug-likeness (QED) is 0.806. The smallest absolute Gasteiger partial charge is 0.248 e. The molecule has 0 bridgehead atoms. The fraction of sp³-hybridized carbons (Fsp3) is 0.188. The van der Waals surface area contributed by atoms with Gasteiger partial charge in [0.05, 0.1) is 0 Å². The largest absolute Gasteiger partial charge is 0.366 e. The summed E-state index contributed by atoms with van der Waals surface area (Å²) in [5, 5.41) is 3.69. The van der Waals surface area contributed by atoms with Crippen LogP contribution in [0.1, 0.15) is 21.5 Å². The zero-order valence-corrected chi connectivity index (χ0v) is 12.2. The second-order valence-corrected chi connectivity index (χ2v) is 5.10. The zero-order chi connectivity index (χ0) is 15.2. The Morgan fingerprint density at radius 3 is 2.62 bits per heavy atom. The third kappa shape index (κ3) is 4.28. The van der Waals surface area contributed by atoms with Gasteiger partial charge in [-0.2, -0.15) is 0 Å². The van der Waals surface area contributed by atoms with Crippen LogP contribution in [0.25, 0.3) is 0 Å². The topological polar surface area (TPSA) is 55.1 Å². The van der Waals surface area contributed by atoms with Gasteiger partial charge >= 0.3 is 0 Å². The van der Waals surface area contributed by atoms with E-state index < -0.39 is 5.91 Å². The van der Waals surface area contributed by atoms with Gasteiger partial charge in [0.15, 0.2) is 0 Å². The maximum absolute atomic E-state index is 13.4. The predicted molar refractivity (Wildman–Crippen MR) is 81.8 cm³/mol. The van der Waals surface area contributed by atoms with Crippen LogP contribution < -0.4 is 11.1 Å². The van der Waals surface area contributed by atoms with Gasteiger partial charge in [-0.3, -0.25) is 4.79 Å².